The van der Waals surface area contributed by atoms with Crippen LogP contribution in [0.15, 0.2) is 33.5 Å². The van der Waals surface area contributed by atoms with Gasteiger partial charge in [0.2, 0.25) is 0 Å². The van der Waals surface area contributed by atoms with Gasteiger partial charge in [0.25, 0.3) is 5.91 Å². The van der Waals surface area contributed by atoms with Crippen molar-refractivity contribution in [2.24, 2.45) is 11.8 Å². The van der Waals surface area contributed by atoms with Gasteiger partial charge in [0.05, 0.1) is 0 Å². The lowest BCUT2D eigenvalue weighted by molar-refractivity contribution is -0.150. The first-order valence-corrected chi connectivity index (χ1v) is 9.96. The average Bonchev–Trinajstić information content (AvgIpc) is 2.68. The van der Waals surface area contributed by atoms with E-state index < -0.39 is 11.6 Å². The Labute approximate surface area is 169 Å². The van der Waals surface area contributed by atoms with Crippen molar-refractivity contribution in [1.82, 2.24) is 5.32 Å². The van der Waals surface area contributed by atoms with Crippen molar-refractivity contribution < 1.29 is 23.5 Å². The first-order valence-electron chi connectivity index (χ1n) is 9.96. The number of rotatable bonds is 6. The predicted octanol–water partition coefficient (Wildman–Crippen LogP) is 2.96. The summed E-state index contributed by atoms with van der Waals surface area (Å²) in [7, 11) is 0. The lowest BCUT2D eigenvalue weighted by atomic mass is 9.78. The second-order valence-corrected chi connectivity index (χ2v) is 7.80. The molecule has 0 radical (unpaired) electrons. The number of fused-ring (bicyclic) bond motifs is 1. The van der Waals surface area contributed by atoms with Gasteiger partial charge < -0.3 is 19.2 Å². The maximum Gasteiger partial charge on any atom is 0.344 e. The van der Waals surface area contributed by atoms with Crippen molar-refractivity contribution in [1.29, 1.82) is 0 Å². The SMILES string of the molecule is Cc1cc(=O)oc2cc(OCC(=O)OCC(=O)N[C@@H]3CCC[C@@H](C)[C@H]3C)ccc12. The maximum absolute atomic E-state index is 12.1. The molecule has 1 saturated carbocycles. The number of carbonyl (C=O) groups excluding carboxylic acids is 2. The van der Waals surface area contributed by atoms with Crippen LogP contribution in [0, 0.1) is 18.8 Å². The number of carbonyl (C=O) groups is 2. The van der Waals surface area contributed by atoms with Crippen LogP contribution in [0.5, 0.6) is 5.75 Å². The largest absolute Gasteiger partial charge is 0.482 e. The van der Waals surface area contributed by atoms with Crippen LogP contribution in [0.1, 0.15) is 38.7 Å². The van der Waals surface area contributed by atoms with E-state index in [9.17, 15) is 14.4 Å². The summed E-state index contributed by atoms with van der Waals surface area (Å²) in [5, 5.41) is 3.75. The van der Waals surface area contributed by atoms with Crippen molar-refractivity contribution in [2.45, 2.75) is 46.1 Å². The Morgan fingerprint density at radius 2 is 1.97 bits per heavy atom. The van der Waals surface area contributed by atoms with Gasteiger partial charge in [-0.25, -0.2) is 9.59 Å². The molecule has 0 bridgehead atoms. The maximum atomic E-state index is 12.1. The topological polar surface area (TPSA) is 94.8 Å². The average molecular weight is 401 g/mol. The van der Waals surface area contributed by atoms with Gasteiger partial charge in [0.1, 0.15) is 11.3 Å². The number of hydrogen-bond donors (Lipinski definition) is 1. The van der Waals surface area contributed by atoms with Gasteiger partial charge in [0, 0.05) is 23.6 Å². The molecule has 3 rings (SSSR count). The summed E-state index contributed by atoms with van der Waals surface area (Å²) in [5.74, 6) is 0.407. The second-order valence-electron chi connectivity index (χ2n) is 7.80. The molecule has 1 aliphatic rings. The quantitative estimate of drug-likeness (QED) is 0.591. The third-order valence-corrected chi connectivity index (χ3v) is 5.70. The number of hydrogen-bond acceptors (Lipinski definition) is 6. The molecule has 3 atom stereocenters. The first kappa shape index (κ1) is 20.9. The fourth-order valence-corrected chi connectivity index (χ4v) is 3.76. The minimum Gasteiger partial charge on any atom is -0.482 e. The van der Waals surface area contributed by atoms with Gasteiger partial charge in [-0.2, -0.15) is 0 Å². The molecule has 7 heteroatoms. The molecule has 1 fully saturated rings. The highest BCUT2D eigenvalue weighted by Crippen LogP contribution is 2.29. The zero-order valence-electron chi connectivity index (χ0n) is 17.0. The number of amides is 1. The third-order valence-electron chi connectivity index (χ3n) is 5.70. The Kier molecular flexibility index (Phi) is 6.56. The van der Waals surface area contributed by atoms with E-state index in [2.05, 4.69) is 19.2 Å². The minimum atomic E-state index is -0.643. The molecule has 1 aromatic carbocycles. The zero-order chi connectivity index (χ0) is 21.0. The highest BCUT2D eigenvalue weighted by Gasteiger charge is 2.28. The monoisotopic (exact) mass is 401 g/mol. The zero-order valence-corrected chi connectivity index (χ0v) is 17.0. The predicted molar refractivity (Wildman–Crippen MR) is 108 cm³/mol. The molecule has 0 saturated heterocycles. The summed E-state index contributed by atoms with van der Waals surface area (Å²) in [6.45, 7) is 5.48. The van der Waals surface area contributed by atoms with Crippen LogP contribution >= 0.6 is 0 Å². The molecule has 0 aliphatic heterocycles. The van der Waals surface area contributed by atoms with E-state index in [1.807, 2.05) is 6.92 Å². The van der Waals surface area contributed by atoms with Crippen LogP contribution in [0.25, 0.3) is 11.0 Å². The lowest BCUT2D eigenvalue weighted by Crippen LogP contribution is -2.45. The molecule has 0 spiro atoms. The molecule has 1 aliphatic carbocycles. The van der Waals surface area contributed by atoms with Crippen molar-refractivity contribution in [3.63, 3.8) is 0 Å². The van der Waals surface area contributed by atoms with Gasteiger partial charge >= 0.3 is 11.6 Å². The molecule has 1 amide bonds. The summed E-state index contributed by atoms with van der Waals surface area (Å²) in [5.41, 5.74) is 0.741. The molecule has 1 heterocycles. The fraction of sp³-hybridized carbons (Fsp3) is 0.500. The summed E-state index contributed by atoms with van der Waals surface area (Å²) in [6, 6.07) is 6.53. The van der Waals surface area contributed by atoms with E-state index >= 15 is 0 Å². The number of nitrogens with one attached hydrogen (secondary N) is 1. The molecule has 156 valence electrons. The van der Waals surface area contributed by atoms with Gasteiger partial charge in [-0.15, -0.1) is 0 Å². The highest BCUT2D eigenvalue weighted by molar-refractivity contribution is 5.82. The van der Waals surface area contributed by atoms with E-state index in [0.717, 1.165) is 23.8 Å². The Morgan fingerprint density at radius 1 is 1.17 bits per heavy atom. The van der Waals surface area contributed by atoms with Crippen LogP contribution in [0.4, 0.5) is 0 Å². The normalized spacial score (nSPS) is 21.6. The first-order chi connectivity index (χ1) is 13.8. The number of aryl methyl sites for hydroxylation is 1. The molecule has 7 nitrogen and oxygen atoms in total. The van der Waals surface area contributed by atoms with Crippen molar-refractivity contribution in [3.8, 4) is 5.75 Å². The van der Waals surface area contributed by atoms with Crippen LogP contribution in [0.2, 0.25) is 0 Å². The van der Waals surface area contributed by atoms with E-state index in [4.69, 9.17) is 13.9 Å². The molecule has 0 unspecified atom stereocenters. The Morgan fingerprint density at radius 3 is 2.76 bits per heavy atom. The smallest absolute Gasteiger partial charge is 0.344 e. The van der Waals surface area contributed by atoms with Crippen LogP contribution in [-0.4, -0.2) is 31.1 Å². The number of esters is 1. The Bertz CT molecular complexity index is 950. The van der Waals surface area contributed by atoms with Crippen molar-refractivity contribution in [2.75, 3.05) is 13.2 Å². The summed E-state index contributed by atoms with van der Waals surface area (Å²) < 4.78 is 15.6. The fourth-order valence-electron chi connectivity index (χ4n) is 3.76. The van der Waals surface area contributed by atoms with Gasteiger partial charge in [-0.3, -0.25) is 4.79 Å². The molecule has 1 aromatic heterocycles. The standard InChI is InChI=1S/C22H27NO6/c1-13-5-4-6-18(15(13)3)23-20(24)11-28-22(26)12-27-16-7-8-17-14(2)9-21(25)29-19(17)10-16/h7-10,13,15,18H,4-6,11-12H2,1-3H3,(H,23,24)/t13-,15-,18-/m1/s1. The molecule has 2 aromatic rings. The Balaban J connectivity index is 1.47. The van der Waals surface area contributed by atoms with Gasteiger partial charge in [-0.05, 0) is 42.9 Å². The molecule has 29 heavy (non-hydrogen) atoms. The molecular formula is C22H27NO6. The third kappa shape index (κ3) is 5.37. The Hall–Kier alpha value is -2.83. The summed E-state index contributed by atoms with van der Waals surface area (Å²) in [6.07, 6.45) is 3.22. The van der Waals surface area contributed by atoms with E-state index in [1.165, 1.54) is 12.5 Å². The van der Waals surface area contributed by atoms with Crippen molar-refractivity contribution in [3.05, 3.63) is 40.2 Å². The van der Waals surface area contributed by atoms with Crippen LogP contribution in [-0.2, 0) is 14.3 Å². The molecular weight excluding hydrogens is 374 g/mol. The second kappa shape index (κ2) is 9.11. The summed E-state index contributed by atoms with van der Waals surface area (Å²) in [4.78, 5) is 35.5. The number of benzene rings is 1. The van der Waals surface area contributed by atoms with E-state index in [0.29, 0.717) is 23.2 Å². The van der Waals surface area contributed by atoms with E-state index in [-0.39, 0.29) is 25.2 Å². The van der Waals surface area contributed by atoms with Crippen LogP contribution in [0.3, 0.4) is 0 Å². The lowest BCUT2D eigenvalue weighted by Gasteiger charge is -2.34. The highest BCUT2D eigenvalue weighted by atomic mass is 16.6. The van der Waals surface area contributed by atoms with Crippen molar-refractivity contribution >= 4 is 22.8 Å². The molecule has 1 N–H and O–H groups in total. The van der Waals surface area contributed by atoms with Gasteiger partial charge in [-0.1, -0.05) is 26.7 Å². The van der Waals surface area contributed by atoms with Crippen LogP contribution < -0.4 is 15.7 Å². The van der Waals surface area contributed by atoms with Gasteiger partial charge in [0.15, 0.2) is 13.2 Å². The number of ether oxygens (including phenoxy) is 2. The summed E-state index contributed by atoms with van der Waals surface area (Å²) >= 11 is 0. The van der Waals surface area contributed by atoms with E-state index in [1.54, 1.807) is 18.2 Å². The minimum absolute atomic E-state index is 0.122.